The summed E-state index contributed by atoms with van der Waals surface area (Å²) in [6, 6.07) is 0. The summed E-state index contributed by atoms with van der Waals surface area (Å²) in [5, 5.41) is 16.5. The zero-order valence-electron chi connectivity index (χ0n) is 13.7. The van der Waals surface area contributed by atoms with Gasteiger partial charge < -0.3 is 14.8 Å². The number of nitrogens with zero attached hydrogens (tertiary/aromatic N) is 4. The number of aromatic nitrogens is 2. The predicted molar refractivity (Wildman–Crippen MR) is 85.4 cm³/mol. The largest absolute Gasteiger partial charge is 0.444 e. The molecule has 1 aliphatic heterocycles. The van der Waals surface area contributed by atoms with E-state index in [0.29, 0.717) is 38.2 Å². The van der Waals surface area contributed by atoms with Crippen LogP contribution in [-0.4, -0.2) is 44.3 Å². The zero-order valence-corrected chi connectivity index (χ0v) is 13.7. The van der Waals surface area contributed by atoms with Crippen LogP contribution < -0.4 is 0 Å². The lowest BCUT2D eigenvalue weighted by Gasteiger charge is -2.29. The highest BCUT2D eigenvalue weighted by Crippen LogP contribution is 2.23. The van der Waals surface area contributed by atoms with Crippen LogP contribution in [-0.2, 0) is 24.2 Å². The van der Waals surface area contributed by atoms with Crippen LogP contribution >= 0.6 is 0 Å². The van der Waals surface area contributed by atoms with Crippen LogP contribution in [0.15, 0.2) is 5.16 Å². The summed E-state index contributed by atoms with van der Waals surface area (Å²) in [5.41, 5.74) is 1.91. The van der Waals surface area contributed by atoms with Crippen LogP contribution in [0.25, 0.3) is 0 Å². The first-order valence-corrected chi connectivity index (χ1v) is 7.53. The van der Waals surface area contributed by atoms with Gasteiger partial charge in [-0.1, -0.05) is 5.16 Å². The van der Waals surface area contributed by atoms with Gasteiger partial charge in [-0.3, -0.25) is 4.68 Å². The number of carbonyl (C=O) groups excluding carboxylic acids is 1. The Morgan fingerprint density at radius 3 is 2.91 bits per heavy atom. The van der Waals surface area contributed by atoms with E-state index >= 15 is 0 Å². The first-order chi connectivity index (χ1) is 10.9. The Morgan fingerprint density at radius 2 is 2.30 bits per heavy atom. The normalized spacial score (nSPS) is 14.6. The van der Waals surface area contributed by atoms with Crippen molar-refractivity contribution in [1.82, 2.24) is 14.7 Å². The van der Waals surface area contributed by atoms with Crippen molar-refractivity contribution in [3.8, 4) is 12.3 Å². The van der Waals surface area contributed by atoms with Crippen LogP contribution in [0.5, 0.6) is 0 Å². The first kappa shape index (κ1) is 16.9. The van der Waals surface area contributed by atoms with E-state index < -0.39 is 5.60 Å². The lowest BCUT2D eigenvalue weighted by atomic mass is 10.1. The molecule has 0 unspecified atom stereocenters. The van der Waals surface area contributed by atoms with Crippen molar-refractivity contribution in [2.75, 3.05) is 6.54 Å². The van der Waals surface area contributed by atoms with Crippen molar-refractivity contribution < 1.29 is 14.7 Å². The average Bonchev–Trinajstić information content (AvgIpc) is 2.81. The van der Waals surface area contributed by atoms with Crippen molar-refractivity contribution in [2.45, 2.75) is 52.3 Å². The summed E-state index contributed by atoms with van der Waals surface area (Å²) in [6.45, 7) is 6.97. The molecule has 0 atom stereocenters. The summed E-state index contributed by atoms with van der Waals surface area (Å²) < 4.78 is 7.14. The maximum absolute atomic E-state index is 12.2. The van der Waals surface area contributed by atoms with Gasteiger partial charge in [-0.25, -0.2) is 4.79 Å². The van der Waals surface area contributed by atoms with Gasteiger partial charge in [0.05, 0.1) is 30.7 Å². The molecule has 0 aliphatic carbocycles. The van der Waals surface area contributed by atoms with Gasteiger partial charge in [0.15, 0.2) is 0 Å². The topological polar surface area (TPSA) is 80.0 Å². The molecule has 0 spiro atoms. The van der Waals surface area contributed by atoms with E-state index in [2.05, 4.69) is 16.2 Å². The van der Waals surface area contributed by atoms with Gasteiger partial charge in [-0.15, -0.1) is 12.3 Å². The molecule has 0 bridgehead atoms. The van der Waals surface area contributed by atoms with Crippen molar-refractivity contribution in [1.29, 1.82) is 0 Å². The molecular weight excluding hydrogens is 296 g/mol. The average molecular weight is 318 g/mol. The molecule has 1 aromatic rings. The fourth-order valence-electron chi connectivity index (χ4n) is 2.47. The molecule has 2 rings (SSSR count). The van der Waals surface area contributed by atoms with E-state index in [4.69, 9.17) is 16.4 Å². The lowest BCUT2D eigenvalue weighted by Crippen LogP contribution is -2.40. The summed E-state index contributed by atoms with van der Waals surface area (Å²) in [7, 11) is 0. The Kier molecular flexibility index (Phi) is 4.94. The molecule has 0 saturated carbocycles. The third-order valence-corrected chi connectivity index (χ3v) is 3.44. The summed E-state index contributed by atoms with van der Waals surface area (Å²) in [5.74, 6) is 2.57. The van der Waals surface area contributed by atoms with Gasteiger partial charge in [-0.05, 0) is 20.8 Å². The molecule has 1 aliphatic rings. The molecule has 23 heavy (non-hydrogen) atoms. The molecule has 124 valence electrons. The van der Waals surface area contributed by atoms with Crippen molar-refractivity contribution in [2.24, 2.45) is 5.16 Å². The number of ether oxygens (including phenoxy) is 1. The Morgan fingerprint density at radius 1 is 1.57 bits per heavy atom. The maximum atomic E-state index is 12.2. The third kappa shape index (κ3) is 4.03. The number of fused-ring (bicyclic) bond motifs is 1. The molecule has 0 aromatic carbocycles. The number of carbonyl (C=O) groups is 1. The molecule has 7 heteroatoms. The van der Waals surface area contributed by atoms with E-state index in [-0.39, 0.29) is 6.09 Å². The summed E-state index contributed by atoms with van der Waals surface area (Å²) in [6.07, 6.45) is 7.44. The second-order valence-electron chi connectivity index (χ2n) is 6.38. The minimum Gasteiger partial charge on any atom is -0.444 e. The molecule has 0 saturated heterocycles. The SMILES string of the molecule is C#CCCn1nc2c(c1/C=N\O)CN(C(=O)OC(C)(C)C)CC2. The smallest absolute Gasteiger partial charge is 0.410 e. The van der Waals surface area contributed by atoms with Crippen molar-refractivity contribution >= 4 is 12.3 Å². The third-order valence-electron chi connectivity index (χ3n) is 3.44. The fraction of sp³-hybridized carbons (Fsp3) is 0.562. The number of amides is 1. The highest BCUT2D eigenvalue weighted by atomic mass is 16.6. The predicted octanol–water partition coefficient (Wildman–Crippen LogP) is 2.01. The minimum absolute atomic E-state index is 0.355. The lowest BCUT2D eigenvalue weighted by molar-refractivity contribution is 0.0223. The quantitative estimate of drug-likeness (QED) is 0.400. The Bertz CT molecular complexity index is 650. The number of rotatable bonds is 3. The maximum Gasteiger partial charge on any atom is 0.410 e. The summed E-state index contributed by atoms with van der Waals surface area (Å²) in [4.78, 5) is 13.9. The Labute approximate surface area is 135 Å². The Hall–Kier alpha value is -2.49. The minimum atomic E-state index is -0.538. The van der Waals surface area contributed by atoms with Gasteiger partial charge in [0.1, 0.15) is 5.60 Å². The number of hydrogen-bond donors (Lipinski definition) is 1. The van der Waals surface area contributed by atoms with E-state index in [0.717, 1.165) is 11.3 Å². The van der Waals surface area contributed by atoms with Crippen LogP contribution in [0.3, 0.4) is 0 Å². The summed E-state index contributed by atoms with van der Waals surface area (Å²) >= 11 is 0. The van der Waals surface area contributed by atoms with Crippen LogP contribution in [0.1, 0.15) is 44.1 Å². The second kappa shape index (κ2) is 6.73. The standard InChI is InChI=1S/C16H22N4O3/c1-5-6-8-20-14(10-17-22)12-11-19(9-7-13(12)18-20)15(21)23-16(2,3)4/h1,10,22H,6-9,11H2,2-4H3/b17-10-. The number of aryl methyl sites for hydroxylation is 1. The zero-order chi connectivity index (χ0) is 17.0. The number of terminal acetylenes is 1. The molecule has 0 fully saturated rings. The van der Waals surface area contributed by atoms with Crippen molar-refractivity contribution in [3.63, 3.8) is 0 Å². The van der Waals surface area contributed by atoms with Gasteiger partial charge in [0.25, 0.3) is 0 Å². The van der Waals surface area contributed by atoms with Crippen LogP contribution in [0.4, 0.5) is 4.79 Å². The second-order valence-corrected chi connectivity index (χ2v) is 6.38. The van der Waals surface area contributed by atoms with E-state index in [1.54, 1.807) is 9.58 Å². The van der Waals surface area contributed by atoms with Gasteiger partial charge >= 0.3 is 6.09 Å². The van der Waals surface area contributed by atoms with E-state index in [1.807, 2.05) is 20.8 Å². The monoisotopic (exact) mass is 318 g/mol. The van der Waals surface area contributed by atoms with Gasteiger partial charge in [0, 0.05) is 24.9 Å². The highest BCUT2D eigenvalue weighted by Gasteiger charge is 2.29. The molecule has 1 aromatic heterocycles. The molecule has 0 radical (unpaired) electrons. The van der Waals surface area contributed by atoms with Crippen LogP contribution in [0, 0.1) is 12.3 Å². The Balaban J connectivity index is 2.23. The molecule has 2 heterocycles. The van der Waals surface area contributed by atoms with E-state index in [1.165, 1.54) is 6.21 Å². The van der Waals surface area contributed by atoms with Crippen molar-refractivity contribution in [3.05, 3.63) is 17.0 Å². The fourth-order valence-corrected chi connectivity index (χ4v) is 2.47. The van der Waals surface area contributed by atoms with Gasteiger partial charge in [0.2, 0.25) is 0 Å². The van der Waals surface area contributed by atoms with Gasteiger partial charge in [-0.2, -0.15) is 5.10 Å². The first-order valence-electron chi connectivity index (χ1n) is 7.53. The molecular formula is C16H22N4O3. The van der Waals surface area contributed by atoms with Crippen LogP contribution in [0.2, 0.25) is 0 Å². The molecule has 1 amide bonds. The molecule has 7 nitrogen and oxygen atoms in total. The molecule has 1 N–H and O–H groups in total. The number of hydrogen-bond acceptors (Lipinski definition) is 5. The number of oxime groups is 1. The highest BCUT2D eigenvalue weighted by molar-refractivity contribution is 5.80. The van der Waals surface area contributed by atoms with E-state index in [9.17, 15) is 4.79 Å².